The summed E-state index contributed by atoms with van der Waals surface area (Å²) in [5.41, 5.74) is 1.04. The number of carbonyl (C=O) groups is 1. The summed E-state index contributed by atoms with van der Waals surface area (Å²) < 4.78 is 15.0. The van der Waals surface area contributed by atoms with Crippen LogP contribution in [-0.2, 0) is 11.3 Å². The number of anilines is 1. The monoisotopic (exact) mass is 358 g/mol. The molecule has 7 nitrogen and oxygen atoms in total. The molecule has 0 saturated heterocycles. The zero-order valence-corrected chi connectivity index (χ0v) is 14.2. The van der Waals surface area contributed by atoms with Gasteiger partial charge in [0.05, 0.1) is 11.9 Å². The van der Waals surface area contributed by atoms with E-state index in [9.17, 15) is 9.18 Å². The minimum atomic E-state index is -0.398. The molecule has 0 unspecified atom stereocenters. The van der Waals surface area contributed by atoms with E-state index in [0.717, 1.165) is 0 Å². The Kier molecular flexibility index (Phi) is 5.34. The van der Waals surface area contributed by atoms with Gasteiger partial charge in [0, 0.05) is 24.6 Å². The number of halogens is 1. The highest BCUT2D eigenvalue weighted by molar-refractivity contribution is 7.99. The first kappa shape index (κ1) is 17.0. The fourth-order valence-corrected chi connectivity index (χ4v) is 2.98. The molecule has 0 saturated carbocycles. The van der Waals surface area contributed by atoms with Crippen LogP contribution in [0, 0.1) is 5.82 Å². The predicted molar refractivity (Wildman–Crippen MR) is 92.5 cm³/mol. The Morgan fingerprint density at radius 2 is 2.20 bits per heavy atom. The first-order chi connectivity index (χ1) is 12.2. The summed E-state index contributed by atoms with van der Waals surface area (Å²) >= 11 is 1.25. The number of nitrogens with zero attached hydrogens (tertiary/aromatic N) is 5. The van der Waals surface area contributed by atoms with Gasteiger partial charge in [0.1, 0.15) is 11.5 Å². The Balaban J connectivity index is 1.67. The van der Waals surface area contributed by atoms with E-state index in [1.54, 1.807) is 30.7 Å². The van der Waals surface area contributed by atoms with Gasteiger partial charge in [0.15, 0.2) is 11.0 Å². The maximum absolute atomic E-state index is 13.1. The lowest BCUT2D eigenvalue weighted by Gasteiger charge is -2.07. The largest absolute Gasteiger partial charge is 0.325 e. The molecule has 3 rings (SSSR count). The molecule has 0 bridgehead atoms. The molecule has 0 atom stereocenters. The Hall–Kier alpha value is -2.81. The summed E-state index contributed by atoms with van der Waals surface area (Å²) in [6, 6.07) is 5.76. The fraction of sp³-hybridized carbons (Fsp3) is 0.188. The van der Waals surface area contributed by atoms with E-state index in [2.05, 4.69) is 25.5 Å². The number of carbonyl (C=O) groups excluding carboxylic acids is 1. The van der Waals surface area contributed by atoms with Crippen LogP contribution >= 0.6 is 11.8 Å². The molecule has 0 fully saturated rings. The van der Waals surface area contributed by atoms with Gasteiger partial charge in [-0.2, -0.15) is 0 Å². The lowest BCUT2D eigenvalue weighted by atomic mass is 10.3. The SMILES string of the molecule is CCn1c(SCC(=O)Nc2cccc(F)c2)nnc1-c1cnccn1. The van der Waals surface area contributed by atoms with Crippen LogP contribution in [0.5, 0.6) is 0 Å². The number of hydrogen-bond donors (Lipinski definition) is 1. The summed E-state index contributed by atoms with van der Waals surface area (Å²) in [5, 5.41) is 11.5. The molecule has 128 valence electrons. The molecule has 1 amide bonds. The average molecular weight is 358 g/mol. The fourth-order valence-electron chi connectivity index (χ4n) is 2.18. The molecular formula is C16H15FN6OS. The molecule has 25 heavy (non-hydrogen) atoms. The minimum absolute atomic E-state index is 0.134. The van der Waals surface area contributed by atoms with Crippen LogP contribution in [0.1, 0.15) is 6.92 Å². The van der Waals surface area contributed by atoms with Gasteiger partial charge in [-0.05, 0) is 25.1 Å². The molecule has 0 aliphatic carbocycles. The molecular weight excluding hydrogens is 343 g/mol. The van der Waals surface area contributed by atoms with Crippen molar-refractivity contribution in [2.45, 2.75) is 18.6 Å². The maximum Gasteiger partial charge on any atom is 0.234 e. The lowest BCUT2D eigenvalue weighted by Crippen LogP contribution is -2.14. The van der Waals surface area contributed by atoms with Crippen LogP contribution in [0.15, 0.2) is 48.0 Å². The quantitative estimate of drug-likeness (QED) is 0.682. The van der Waals surface area contributed by atoms with E-state index in [1.807, 2.05) is 11.5 Å². The van der Waals surface area contributed by atoms with Crippen molar-refractivity contribution in [2.75, 3.05) is 11.1 Å². The van der Waals surface area contributed by atoms with Crippen LogP contribution in [0.3, 0.4) is 0 Å². The molecule has 3 aromatic rings. The number of thioether (sulfide) groups is 1. The molecule has 0 radical (unpaired) electrons. The Morgan fingerprint density at radius 3 is 2.92 bits per heavy atom. The van der Waals surface area contributed by atoms with Gasteiger partial charge in [-0.3, -0.25) is 9.78 Å². The van der Waals surface area contributed by atoms with Gasteiger partial charge >= 0.3 is 0 Å². The first-order valence-corrected chi connectivity index (χ1v) is 8.53. The molecule has 2 aromatic heterocycles. The summed E-state index contributed by atoms with van der Waals surface area (Å²) in [4.78, 5) is 20.3. The zero-order chi connectivity index (χ0) is 17.6. The van der Waals surface area contributed by atoms with Crippen molar-refractivity contribution in [1.29, 1.82) is 0 Å². The highest BCUT2D eigenvalue weighted by Gasteiger charge is 2.15. The van der Waals surface area contributed by atoms with Gasteiger partial charge in [0.25, 0.3) is 0 Å². The standard InChI is InChI=1S/C16H15FN6OS/c1-2-23-15(13-9-18-6-7-19-13)21-22-16(23)25-10-14(24)20-12-5-3-4-11(17)8-12/h3-9H,2,10H2,1H3,(H,20,24). The van der Waals surface area contributed by atoms with Crippen molar-refractivity contribution in [2.24, 2.45) is 0 Å². The summed E-state index contributed by atoms with van der Waals surface area (Å²) in [6.07, 6.45) is 4.78. The van der Waals surface area contributed by atoms with E-state index in [1.165, 1.54) is 23.9 Å². The van der Waals surface area contributed by atoms with E-state index >= 15 is 0 Å². The maximum atomic E-state index is 13.1. The summed E-state index contributed by atoms with van der Waals surface area (Å²) in [5.74, 6) is 0.0884. The van der Waals surface area contributed by atoms with Crippen LogP contribution in [0.25, 0.3) is 11.5 Å². The Labute approximate surface area is 147 Å². The van der Waals surface area contributed by atoms with E-state index in [-0.39, 0.29) is 11.7 Å². The van der Waals surface area contributed by atoms with Crippen LogP contribution < -0.4 is 5.32 Å². The number of benzene rings is 1. The molecule has 1 N–H and O–H groups in total. The average Bonchev–Trinajstić information content (AvgIpc) is 3.03. The molecule has 0 aliphatic heterocycles. The topological polar surface area (TPSA) is 85.6 Å². The van der Waals surface area contributed by atoms with Crippen molar-refractivity contribution in [3.05, 3.63) is 48.7 Å². The lowest BCUT2D eigenvalue weighted by molar-refractivity contribution is -0.113. The third-order valence-corrected chi connectivity index (χ3v) is 4.23. The summed E-state index contributed by atoms with van der Waals surface area (Å²) in [6.45, 7) is 2.59. The van der Waals surface area contributed by atoms with Crippen molar-refractivity contribution >= 4 is 23.4 Å². The van der Waals surface area contributed by atoms with Crippen molar-refractivity contribution in [1.82, 2.24) is 24.7 Å². The second-order valence-electron chi connectivity index (χ2n) is 4.99. The molecule has 1 aromatic carbocycles. The van der Waals surface area contributed by atoms with E-state index < -0.39 is 5.82 Å². The second-order valence-corrected chi connectivity index (χ2v) is 5.93. The number of aromatic nitrogens is 5. The Bertz CT molecular complexity index is 870. The number of hydrogen-bond acceptors (Lipinski definition) is 6. The molecule has 2 heterocycles. The second kappa shape index (κ2) is 7.84. The number of rotatable bonds is 6. The van der Waals surface area contributed by atoms with Gasteiger partial charge in [-0.25, -0.2) is 9.37 Å². The van der Waals surface area contributed by atoms with E-state index in [4.69, 9.17) is 0 Å². The third-order valence-electron chi connectivity index (χ3n) is 3.27. The van der Waals surface area contributed by atoms with E-state index in [0.29, 0.717) is 28.9 Å². The van der Waals surface area contributed by atoms with Gasteiger partial charge in [-0.1, -0.05) is 17.8 Å². The highest BCUT2D eigenvalue weighted by atomic mass is 32.2. The minimum Gasteiger partial charge on any atom is -0.325 e. The third kappa shape index (κ3) is 4.18. The smallest absolute Gasteiger partial charge is 0.234 e. The van der Waals surface area contributed by atoms with Crippen LogP contribution in [0.4, 0.5) is 10.1 Å². The molecule has 0 aliphatic rings. The normalized spacial score (nSPS) is 10.6. The Morgan fingerprint density at radius 1 is 1.32 bits per heavy atom. The van der Waals surface area contributed by atoms with Gasteiger partial charge in [-0.15, -0.1) is 10.2 Å². The number of amides is 1. The van der Waals surface area contributed by atoms with Crippen LogP contribution in [-0.4, -0.2) is 36.4 Å². The van der Waals surface area contributed by atoms with Gasteiger partial charge in [0.2, 0.25) is 5.91 Å². The number of nitrogens with one attached hydrogen (secondary N) is 1. The first-order valence-electron chi connectivity index (χ1n) is 7.55. The van der Waals surface area contributed by atoms with Crippen molar-refractivity contribution in [3.63, 3.8) is 0 Å². The molecule has 0 spiro atoms. The predicted octanol–water partition coefficient (Wildman–Crippen LogP) is 2.62. The highest BCUT2D eigenvalue weighted by Crippen LogP contribution is 2.22. The summed E-state index contributed by atoms with van der Waals surface area (Å²) in [7, 11) is 0. The van der Waals surface area contributed by atoms with Gasteiger partial charge < -0.3 is 9.88 Å². The van der Waals surface area contributed by atoms with Crippen molar-refractivity contribution in [3.8, 4) is 11.5 Å². The van der Waals surface area contributed by atoms with Crippen LogP contribution in [0.2, 0.25) is 0 Å². The molecule has 9 heteroatoms. The zero-order valence-electron chi connectivity index (χ0n) is 13.4. The van der Waals surface area contributed by atoms with Crippen molar-refractivity contribution < 1.29 is 9.18 Å².